The predicted molar refractivity (Wildman–Crippen MR) is 82.7 cm³/mol. The van der Waals surface area contributed by atoms with Gasteiger partial charge in [0.15, 0.2) is 0 Å². The number of aryl methyl sites for hydroxylation is 1. The van der Waals surface area contributed by atoms with Crippen LogP contribution in [0.2, 0.25) is 0 Å². The van der Waals surface area contributed by atoms with E-state index < -0.39 is 0 Å². The molecule has 0 aliphatic heterocycles. The molecule has 1 atom stereocenters. The van der Waals surface area contributed by atoms with Crippen LogP contribution in [0.3, 0.4) is 0 Å². The van der Waals surface area contributed by atoms with Gasteiger partial charge in [-0.25, -0.2) is 4.39 Å². The lowest BCUT2D eigenvalue weighted by atomic mass is 10.1. The summed E-state index contributed by atoms with van der Waals surface area (Å²) in [5, 5.41) is 3.29. The smallest absolute Gasteiger partial charge is 0.127 e. The van der Waals surface area contributed by atoms with Crippen LogP contribution in [0.4, 0.5) is 10.1 Å². The van der Waals surface area contributed by atoms with Crippen LogP contribution < -0.4 is 14.8 Å². The summed E-state index contributed by atoms with van der Waals surface area (Å²) < 4.78 is 24.0. The predicted octanol–water partition coefficient (Wildman–Crippen LogP) is 4.32. The van der Waals surface area contributed by atoms with Gasteiger partial charge in [-0.3, -0.25) is 0 Å². The first-order valence-corrected chi connectivity index (χ1v) is 6.79. The molecule has 0 aromatic heterocycles. The minimum absolute atomic E-state index is 0.0212. The third-order valence-electron chi connectivity index (χ3n) is 3.33. The van der Waals surface area contributed by atoms with Gasteiger partial charge in [0.2, 0.25) is 0 Å². The molecule has 4 heteroatoms. The highest BCUT2D eigenvalue weighted by atomic mass is 19.1. The molecule has 0 heterocycles. The zero-order chi connectivity index (χ0) is 15.4. The molecule has 0 aliphatic carbocycles. The Labute approximate surface area is 124 Å². The van der Waals surface area contributed by atoms with E-state index in [9.17, 15) is 4.39 Å². The molecule has 0 radical (unpaired) electrons. The first-order chi connectivity index (χ1) is 10.0. The number of halogens is 1. The van der Waals surface area contributed by atoms with Crippen LogP contribution in [-0.2, 0) is 0 Å². The summed E-state index contributed by atoms with van der Waals surface area (Å²) in [7, 11) is 3.24. The Kier molecular flexibility index (Phi) is 4.68. The first kappa shape index (κ1) is 15.2. The van der Waals surface area contributed by atoms with E-state index in [1.807, 2.05) is 38.1 Å². The quantitative estimate of drug-likeness (QED) is 0.889. The van der Waals surface area contributed by atoms with Crippen molar-refractivity contribution in [1.29, 1.82) is 0 Å². The van der Waals surface area contributed by atoms with E-state index in [0.717, 1.165) is 28.3 Å². The van der Waals surface area contributed by atoms with Crippen molar-refractivity contribution >= 4 is 5.69 Å². The molecule has 3 nitrogen and oxygen atoms in total. The molecule has 2 aromatic carbocycles. The van der Waals surface area contributed by atoms with Crippen molar-refractivity contribution in [2.45, 2.75) is 19.9 Å². The fourth-order valence-electron chi connectivity index (χ4n) is 2.32. The molecule has 0 fully saturated rings. The second kappa shape index (κ2) is 6.48. The average molecular weight is 289 g/mol. The summed E-state index contributed by atoms with van der Waals surface area (Å²) in [5.74, 6) is 1.23. The van der Waals surface area contributed by atoms with Crippen molar-refractivity contribution in [3.8, 4) is 11.5 Å². The highest BCUT2D eigenvalue weighted by molar-refractivity contribution is 5.50. The lowest BCUT2D eigenvalue weighted by molar-refractivity contribution is 0.390. The summed E-state index contributed by atoms with van der Waals surface area (Å²) in [6, 6.07) is 10.5. The van der Waals surface area contributed by atoms with Crippen molar-refractivity contribution in [3.05, 3.63) is 53.3 Å². The van der Waals surface area contributed by atoms with Gasteiger partial charge in [-0.15, -0.1) is 0 Å². The number of nitrogens with one attached hydrogen (secondary N) is 1. The Balaban J connectivity index is 2.25. The van der Waals surface area contributed by atoms with Crippen LogP contribution in [0.1, 0.15) is 24.1 Å². The Hall–Kier alpha value is -2.23. The van der Waals surface area contributed by atoms with Crippen LogP contribution in [0.25, 0.3) is 0 Å². The third kappa shape index (κ3) is 3.66. The van der Waals surface area contributed by atoms with Gasteiger partial charge < -0.3 is 14.8 Å². The molecule has 21 heavy (non-hydrogen) atoms. The molecule has 0 bridgehead atoms. The fraction of sp³-hybridized carbons (Fsp3) is 0.294. The topological polar surface area (TPSA) is 30.5 Å². The van der Waals surface area contributed by atoms with Crippen molar-refractivity contribution in [2.75, 3.05) is 19.5 Å². The van der Waals surface area contributed by atoms with Gasteiger partial charge in [0.1, 0.15) is 17.3 Å². The van der Waals surface area contributed by atoms with Gasteiger partial charge in [-0.05, 0) is 49.7 Å². The lowest BCUT2D eigenvalue weighted by Gasteiger charge is -2.19. The van der Waals surface area contributed by atoms with E-state index in [1.54, 1.807) is 14.2 Å². The van der Waals surface area contributed by atoms with E-state index >= 15 is 0 Å². The second-order valence-corrected chi connectivity index (χ2v) is 4.99. The molecule has 0 aliphatic rings. The summed E-state index contributed by atoms with van der Waals surface area (Å²) in [4.78, 5) is 0. The average Bonchev–Trinajstić information content (AvgIpc) is 2.45. The third-order valence-corrected chi connectivity index (χ3v) is 3.33. The Morgan fingerprint density at radius 3 is 2.43 bits per heavy atom. The van der Waals surface area contributed by atoms with E-state index in [0.29, 0.717) is 0 Å². The zero-order valence-electron chi connectivity index (χ0n) is 12.7. The monoisotopic (exact) mass is 289 g/mol. The number of ether oxygens (including phenoxy) is 2. The van der Waals surface area contributed by atoms with E-state index in [2.05, 4.69) is 5.32 Å². The molecule has 0 saturated carbocycles. The van der Waals surface area contributed by atoms with E-state index in [4.69, 9.17) is 9.47 Å². The van der Waals surface area contributed by atoms with Gasteiger partial charge in [0.05, 0.1) is 20.3 Å². The van der Waals surface area contributed by atoms with Crippen LogP contribution in [0, 0.1) is 12.7 Å². The second-order valence-electron chi connectivity index (χ2n) is 4.99. The summed E-state index contributed by atoms with van der Waals surface area (Å²) in [6.07, 6.45) is 0. The van der Waals surface area contributed by atoms with Crippen molar-refractivity contribution < 1.29 is 13.9 Å². The maximum absolute atomic E-state index is 13.4. The van der Waals surface area contributed by atoms with Gasteiger partial charge in [0.25, 0.3) is 0 Å². The Bertz CT molecular complexity index is 608. The summed E-state index contributed by atoms with van der Waals surface area (Å²) >= 11 is 0. The van der Waals surface area contributed by atoms with Crippen LogP contribution in [-0.4, -0.2) is 14.2 Å². The number of hydrogen-bond donors (Lipinski definition) is 1. The highest BCUT2D eigenvalue weighted by Gasteiger charge is 2.13. The Morgan fingerprint density at radius 2 is 1.81 bits per heavy atom. The number of benzene rings is 2. The molecule has 2 aromatic rings. The molecule has 112 valence electrons. The van der Waals surface area contributed by atoms with Crippen molar-refractivity contribution in [1.82, 2.24) is 0 Å². The van der Waals surface area contributed by atoms with E-state index in [-0.39, 0.29) is 11.9 Å². The van der Waals surface area contributed by atoms with Gasteiger partial charge in [-0.1, -0.05) is 0 Å². The van der Waals surface area contributed by atoms with Gasteiger partial charge in [-0.2, -0.15) is 0 Å². The summed E-state index contributed by atoms with van der Waals surface area (Å²) in [6.45, 7) is 3.87. The van der Waals surface area contributed by atoms with Gasteiger partial charge in [0, 0.05) is 17.3 Å². The Morgan fingerprint density at radius 1 is 1.05 bits per heavy atom. The normalized spacial score (nSPS) is 11.9. The highest BCUT2D eigenvalue weighted by Crippen LogP contribution is 2.31. The molecule has 1 unspecified atom stereocenters. The van der Waals surface area contributed by atoms with Crippen LogP contribution >= 0.6 is 0 Å². The van der Waals surface area contributed by atoms with Crippen molar-refractivity contribution in [3.63, 3.8) is 0 Å². The molecule has 2 rings (SSSR count). The molecule has 1 N–H and O–H groups in total. The number of rotatable bonds is 5. The van der Waals surface area contributed by atoms with Crippen molar-refractivity contribution in [2.24, 2.45) is 0 Å². The minimum atomic E-state index is -0.244. The molecular formula is C17H20FNO2. The fourth-order valence-corrected chi connectivity index (χ4v) is 2.32. The van der Waals surface area contributed by atoms with Crippen LogP contribution in [0.15, 0.2) is 36.4 Å². The largest absolute Gasteiger partial charge is 0.497 e. The van der Waals surface area contributed by atoms with Crippen LogP contribution in [0.5, 0.6) is 11.5 Å². The lowest BCUT2D eigenvalue weighted by Crippen LogP contribution is -2.08. The number of hydrogen-bond acceptors (Lipinski definition) is 3. The molecular weight excluding hydrogens is 269 g/mol. The first-order valence-electron chi connectivity index (χ1n) is 6.79. The zero-order valence-corrected chi connectivity index (χ0v) is 12.7. The summed E-state index contributed by atoms with van der Waals surface area (Å²) in [5.41, 5.74) is 2.62. The molecule has 0 amide bonds. The van der Waals surface area contributed by atoms with Gasteiger partial charge >= 0.3 is 0 Å². The number of anilines is 1. The maximum Gasteiger partial charge on any atom is 0.127 e. The molecule has 0 spiro atoms. The SMILES string of the molecule is COc1ccc(C(C)Nc2cc(C)cc(F)c2)c(OC)c1. The standard InChI is InChI=1S/C17H20FNO2/c1-11-7-13(18)9-14(8-11)19-12(2)16-6-5-15(20-3)10-17(16)21-4/h5-10,12,19H,1-4H3. The van der Waals surface area contributed by atoms with E-state index in [1.165, 1.54) is 12.1 Å². The maximum atomic E-state index is 13.4. The molecule has 0 saturated heterocycles. The number of methoxy groups -OCH3 is 2. The minimum Gasteiger partial charge on any atom is -0.497 e.